The second kappa shape index (κ2) is 8.09. The highest BCUT2D eigenvalue weighted by Gasteiger charge is 2.22. The molecule has 0 saturated carbocycles. The number of benzene rings is 6. The lowest BCUT2D eigenvalue weighted by Gasteiger charge is -2.10. The van der Waals surface area contributed by atoms with Crippen molar-refractivity contribution in [1.29, 1.82) is 0 Å². The zero-order valence-corrected chi connectivity index (χ0v) is 23.0. The minimum atomic E-state index is 0.860. The molecular formula is C37H20N2O2S. The van der Waals surface area contributed by atoms with Crippen LogP contribution in [-0.2, 0) is 0 Å². The lowest BCUT2D eigenvalue weighted by molar-refractivity contribution is 0.666. The van der Waals surface area contributed by atoms with Gasteiger partial charge in [-0.15, -0.1) is 11.3 Å². The summed E-state index contributed by atoms with van der Waals surface area (Å²) < 4.78 is 16.3. The summed E-state index contributed by atoms with van der Waals surface area (Å²) in [6.07, 6.45) is 0. The third-order valence-electron chi connectivity index (χ3n) is 8.45. The van der Waals surface area contributed by atoms with Crippen molar-refractivity contribution in [3.05, 3.63) is 121 Å². The highest BCUT2D eigenvalue weighted by Crippen LogP contribution is 2.45. The van der Waals surface area contributed by atoms with Gasteiger partial charge in [0.15, 0.2) is 5.58 Å². The maximum atomic E-state index is 6.70. The zero-order valence-electron chi connectivity index (χ0n) is 22.2. The predicted octanol–water partition coefficient (Wildman–Crippen LogP) is 10.9. The number of rotatable bonds is 2. The number of aromatic nitrogens is 2. The molecule has 10 rings (SSSR count). The van der Waals surface area contributed by atoms with Crippen molar-refractivity contribution in [1.82, 2.24) is 9.55 Å². The van der Waals surface area contributed by atoms with Gasteiger partial charge < -0.3 is 13.4 Å². The van der Waals surface area contributed by atoms with E-state index in [0.717, 1.165) is 81.4 Å². The minimum Gasteiger partial charge on any atom is -0.456 e. The fourth-order valence-corrected chi connectivity index (χ4v) is 7.81. The quantitative estimate of drug-likeness (QED) is 0.213. The SMILES string of the molecule is c1ccc2c(c1)oc1c(-n3c4ccccc4c4ccccc43)ccc(-c3nc4ccc5oc6ccccc6c5c4s3)c12. The van der Waals surface area contributed by atoms with Crippen LogP contribution in [0.2, 0.25) is 0 Å². The number of thiazole rings is 1. The molecule has 0 amide bonds. The maximum absolute atomic E-state index is 6.70. The van der Waals surface area contributed by atoms with Crippen molar-refractivity contribution in [2.24, 2.45) is 0 Å². The monoisotopic (exact) mass is 556 g/mol. The second-order valence-corrected chi connectivity index (χ2v) is 11.7. The number of para-hydroxylation sites is 4. The first kappa shape index (κ1) is 22.3. The Hall–Kier alpha value is -5.39. The van der Waals surface area contributed by atoms with E-state index in [2.05, 4.69) is 95.6 Å². The first-order valence-corrected chi connectivity index (χ1v) is 14.8. The largest absolute Gasteiger partial charge is 0.456 e. The van der Waals surface area contributed by atoms with Gasteiger partial charge in [-0.05, 0) is 48.5 Å². The Morgan fingerprint density at radius 2 is 1.14 bits per heavy atom. The minimum absolute atomic E-state index is 0.860. The highest BCUT2D eigenvalue weighted by molar-refractivity contribution is 7.22. The first-order chi connectivity index (χ1) is 20.8. The molecule has 42 heavy (non-hydrogen) atoms. The summed E-state index contributed by atoms with van der Waals surface area (Å²) in [5.74, 6) is 0. The van der Waals surface area contributed by atoms with Crippen LogP contribution in [0.1, 0.15) is 0 Å². The van der Waals surface area contributed by atoms with Crippen LogP contribution in [0.3, 0.4) is 0 Å². The Balaban J connectivity index is 1.31. The van der Waals surface area contributed by atoms with E-state index in [1.807, 2.05) is 30.3 Å². The van der Waals surface area contributed by atoms with Gasteiger partial charge in [0.1, 0.15) is 21.8 Å². The van der Waals surface area contributed by atoms with Crippen LogP contribution in [0.5, 0.6) is 0 Å². The molecule has 0 atom stereocenters. The van der Waals surface area contributed by atoms with Gasteiger partial charge in [0.25, 0.3) is 0 Å². The van der Waals surface area contributed by atoms with Crippen LogP contribution in [0.15, 0.2) is 130 Å². The average molecular weight is 557 g/mol. The summed E-state index contributed by atoms with van der Waals surface area (Å²) in [4.78, 5) is 5.18. The summed E-state index contributed by atoms with van der Waals surface area (Å²) in [5, 5.41) is 7.83. The number of nitrogens with zero attached hydrogens (tertiary/aromatic N) is 2. The van der Waals surface area contributed by atoms with Gasteiger partial charge in [-0.3, -0.25) is 0 Å². The number of furan rings is 2. The lowest BCUT2D eigenvalue weighted by atomic mass is 10.1. The van der Waals surface area contributed by atoms with E-state index in [9.17, 15) is 0 Å². The second-order valence-electron chi connectivity index (χ2n) is 10.7. The molecule has 0 fully saturated rings. The summed E-state index contributed by atoms with van der Waals surface area (Å²) >= 11 is 1.71. The van der Waals surface area contributed by atoms with Gasteiger partial charge in [-0.2, -0.15) is 0 Å². The molecular weight excluding hydrogens is 536 g/mol. The molecule has 196 valence electrons. The summed E-state index contributed by atoms with van der Waals surface area (Å²) in [6.45, 7) is 0. The molecule has 4 aromatic heterocycles. The molecule has 6 aromatic carbocycles. The first-order valence-electron chi connectivity index (χ1n) is 14.0. The summed E-state index contributed by atoms with van der Waals surface area (Å²) in [7, 11) is 0. The normalized spacial score (nSPS) is 12.3. The maximum Gasteiger partial charge on any atom is 0.160 e. The molecule has 0 aliphatic carbocycles. The molecule has 0 N–H and O–H groups in total. The molecule has 10 aromatic rings. The fraction of sp³-hybridized carbons (Fsp3) is 0. The smallest absolute Gasteiger partial charge is 0.160 e. The van der Waals surface area contributed by atoms with E-state index in [0.29, 0.717) is 0 Å². The van der Waals surface area contributed by atoms with Crippen molar-refractivity contribution >= 4 is 87.2 Å². The molecule has 5 heteroatoms. The zero-order chi connectivity index (χ0) is 27.4. The van der Waals surface area contributed by atoms with Gasteiger partial charge in [0, 0.05) is 37.9 Å². The van der Waals surface area contributed by atoms with Crippen molar-refractivity contribution in [2.45, 2.75) is 0 Å². The molecule has 0 saturated heterocycles. The predicted molar refractivity (Wildman–Crippen MR) is 174 cm³/mol. The van der Waals surface area contributed by atoms with Crippen LogP contribution in [0.4, 0.5) is 0 Å². The van der Waals surface area contributed by atoms with E-state index < -0.39 is 0 Å². The highest BCUT2D eigenvalue weighted by atomic mass is 32.1. The third kappa shape index (κ3) is 2.88. The van der Waals surface area contributed by atoms with E-state index in [4.69, 9.17) is 13.8 Å². The standard InChI is InChI=1S/C37H20N2O2S/c1-5-13-27-21(9-1)22-10-2-6-14-28(22)39(27)29-19-17-25(33-23-11-3-8-16-31(23)41-35(29)33)37-38-26-18-20-32-34(36(26)42-37)24-12-4-7-15-30(24)40-32/h1-20H. The van der Waals surface area contributed by atoms with Gasteiger partial charge in [-0.1, -0.05) is 72.8 Å². The third-order valence-corrected chi connectivity index (χ3v) is 9.57. The van der Waals surface area contributed by atoms with E-state index in [1.165, 1.54) is 10.8 Å². The average Bonchev–Trinajstić information content (AvgIpc) is 3.80. The Bertz CT molecular complexity index is 2650. The number of hydrogen-bond acceptors (Lipinski definition) is 4. The molecule has 0 unspecified atom stereocenters. The van der Waals surface area contributed by atoms with Crippen LogP contribution in [0.25, 0.3) is 92.2 Å². The topological polar surface area (TPSA) is 44.1 Å². The Morgan fingerprint density at radius 1 is 0.524 bits per heavy atom. The number of hydrogen-bond donors (Lipinski definition) is 0. The van der Waals surface area contributed by atoms with E-state index in [1.54, 1.807) is 11.3 Å². The van der Waals surface area contributed by atoms with E-state index in [-0.39, 0.29) is 0 Å². The Labute approximate surface area is 242 Å². The molecule has 4 heterocycles. The molecule has 0 bridgehead atoms. The van der Waals surface area contributed by atoms with Crippen LogP contribution < -0.4 is 0 Å². The molecule has 0 spiro atoms. The fourth-order valence-electron chi connectivity index (χ4n) is 6.66. The van der Waals surface area contributed by atoms with Gasteiger partial charge in [0.2, 0.25) is 0 Å². The van der Waals surface area contributed by atoms with Gasteiger partial charge in [0.05, 0.1) is 26.9 Å². The molecule has 0 radical (unpaired) electrons. The summed E-state index contributed by atoms with van der Waals surface area (Å²) in [6, 6.07) is 42.2. The Morgan fingerprint density at radius 3 is 1.88 bits per heavy atom. The van der Waals surface area contributed by atoms with Crippen molar-refractivity contribution in [3.8, 4) is 16.3 Å². The molecule has 0 aliphatic rings. The van der Waals surface area contributed by atoms with Gasteiger partial charge >= 0.3 is 0 Å². The van der Waals surface area contributed by atoms with Crippen LogP contribution >= 0.6 is 11.3 Å². The number of fused-ring (bicyclic) bond motifs is 11. The van der Waals surface area contributed by atoms with Crippen molar-refractivity contribution < 1.29 is 8.83 Å². The summed E-state index contributed by atoms with van der Waals surface area (Å²) in [5.41, 5.74) is 8.89. The van der Waals surface area contributed by atoms with E-state index >= 15 is 0 Å². The van der Waals surface area contributed by atoms with Crippen molar-refractivity contribution in [2.75, 3.05) is 0 Å². The molecule has 0 aliphatic heterocycles. The van der Waals surface area contributed by atoms with Crippen LogP contribution in [0, 0.1) is 0 Å². The van der Waals surface area contributed by atoms with Crippen molar-refractivity contribution in [3.63, 3.8) is 0 Å². The van der Waals surface area contributed by atoms with Crippen LogP contribution in [-0.4, -0.2) is 9.55 Å². The van der Waals surface area contributed by atoms with Gasteiger partial charge in [-0.25, -0.2) is 4.98 Å². The Kier molecular flexibility index (Phi) is 4.30. The molecule has 4 nitrogen and oxygen atoms in total. The lowest BCUT2D eigenvalue weighted by Crippen LogP contribution is -1.95.